The van der Waals surface area contributed by atoms with E-state index in [0.717, 1.165) is 38.5 Å². The van der Waals surface area contributed by atoms with E-state index in [1.54, 1.807) is 0 Å². The number of aliphatic hydroxyl groups is 3. The lowest BCUT2D eigenvalue weighted by Crippen LogP contribution is -2.62. The Labute approximate surface area is 203 Å². The molecule has 0 heterocycles. The van der Waals surface area contributed by atoms with Crippen molar-refractivity contribution in [1.82, 2.24) is 5.32 Å². The Morgan fingerprint density at radius 1 is 1.00 bits per heavy atom. The molecule has 0 aliphatic heterocycles. The molecule has 12 atom stereocenters. The summed E-state index contributed by atoms with van der Waals surface area (Å²) in [6.45, 7) is 8.18. The van der Waals surface area contributed by atoms with Crippen molar-refractivity contribution in [3.8, 4) is 0 Å². The summed E-state index contributed by atoms with van der Waals surface area (Å²) in [7, 11) is 0. The maximum absolute atomic E-state index is 12.3. The van der Waals surface area contributed by atoms with E-state index in [-0.39, 0.29) is 65.0 Å². The summed E-state index contributed by atoms with van der Waals surface area (Å²) in [5, 5.41) is 44.8. The predicted molar refractivity (Wildman–Crippen MR) is 128 cm³/mol. The summed E-state index contributed by atoms with van der Waals surface area (Å²) in [5.41, 5.74) is -0.224. The van der Waals surface area contributed by atoms with E-state index < -0.39 is 18.1 Å². The van der Waals surface area contributed by atoms with Crippen molar-refractivity contribution >= 4 is 11.9 Å². The summed E-state index contributed by atoms with van der Waals surface area (Å²) in [6, 6.07) is -0.896. The van der Waals surface area contributed by atoms with Gasteiger partial charge in [-0.1, -0.05) is 20.8 Å². The average molecular weight is 480 g/mol. The first-order chi connectivity index (χ1) is 15.9. The molecule has 0 aromatic heterocycles. The highest BCUT2D eigenvalue weighted by molar-refractivity contribution is 5.83. The summed E-state index contributed by atoms with van der Waals surface area (Å²) in [6.07, 6.45) is 5.82. The number of nitrogens with one attached hydrogen (secondary N) is 1. The molecule has 7 nitrogen and oxygen atoms in total. The normalized spacial score (nSPS) is 47.6. The SMILES string of the molecule is C[C@H](NC(=O)CC[C@@H](C)[C@H]1CC[C@H]2[C@@H]3[C@H](O)CC4C[C@H](O)CC[C@]4(C)[C@H]3C[C@H](O)[C@]12C)C(=O)O. The fraction of sp³-hybridized carbons (Fsp3) is 0.926. The Bertz CT molecular complexity index is 789. The molecule has 4 aliphatic carbocycles. The van der Waals surface area contributed by atoms with E-state index in [1.165, 1.54) is 6.92 Å². The van der Waals surface area contributed by atoms with Crippen LogP contribution in [0.25, 0.3) is 0 Å². The Morgan fingerprint density at radius 2 is 1.71 bits per heavy atom. The minimum atomic E-state index is -1.04. The second-order valence-electron chi connectivity index (χ2n) is 12.7. The predicted octanol–water partition coefficient (Wildman–Crippen LogP) is 2.95. The lowest BCUT2D eigenvalue weighted by molar-refractivity contribution is -0.207. The largest absolute Gasteiger partial charge is 0.480 e. The van der Waals surface area contributed by atoms with Crippen molar-refractivity contribution in [3.63, 3.8) is 0 Å². The Morgan fingerprint density at radius 3 is 2.38 bits per heavy atom. The lowest BCUT2D eigenvalue weighted by Gasteiger charge is -2.63. The molecular weight excluding hydrogens is 434 g/mol. The van der Waals surface area contributed by atoms with Crippen LogP contribution < -0.4 is 5.32 Å². The molecule has 4 aliphatic rings. The molecule has 4 saturated carbocycles. The van der Waals surface area contributed by atoms with E-state index in [0.29, 0.717) is 18.8 Å². The topological polar surface area (TPSA) is 127 Å². The van der Waals surface area contributed by atoms with E-state index in [1.807, 2.05) is 0 Å². The molecule has 34 heavy (non-hydrogen) atoms. The van der Waals surface area contributed by atoms with E-state index in [2.05, 4.69) is 26.1 Å². The standard InChI is InChI=1S/C27H45NO6/c1-14(5-8-23(32)28-15(2)25(33)34)18-6-7-19-24-20(13-22(31)27(18,19)4)26(3)10-9-17(29)11-16(26)12-21(24)30/h14-22,24,29-31H,5-13H2,1-4H3,(H,28,32)(H,33,34)/t14-,15+,16?,17-,18-,19+,20+,21-,22+,24+,26+,27-/m1/s1. The molecular formula is C27H45NO6. The number of rotatable bonds is 6. The van der Waals surface area contributed by atoms with Gasteiger partial charge in [0.25, 0.3) is 0 Å². The van der Waals surface area contributed by atoms with Crippen LogP contribution in [0.5, 0.6) is 0 Å². The molecule has 4 fully saturated rings. The van der Waals surface area contributed by atoms with Crippen molar-refractivity contribution in [2.45, 2.75) is 110 Å². The highest BCUT2D eigenvalue weighted by atomic mass is 16.4. The number of fused-ring (bicyclic) bond motifs is 5. The van der Waals surface area contributed by atoms with Crippen LogP contribution in [0.2, 0.25) is 0 Å². The van der Waals surface area contributed by atoms with Gasteiger partial charge >= 0.3 is 5.97 Å². The minimum Gasteiger partial charge on any atom is -0.480 e. The van der Waals surface area contributed by atoms with Crippen LogP contribution in [0.3, 0.4) is 0 Å². The number of carboxylic acid groups (broad SMARTS) is 1. The molecule has 0 bridgehead atoms. The molecule has 5 N–H and O–H groups in total. The molecule has 0 aromatic carbocycles. The number of carbonyl (C=O) groups is 2. The second kappa shape index (κ2) is 9.36. The third-order valence-corrected chi connectivity index (χ3v) is 11.1. The number of carboxylic acids is 1. The molecule has 194 valence electrons. The van der Waals surface area contributed by atoms with Crippen molar-refractivity contribution in [3.05, 3.63) is 0 Å². The number of amides is 1. The fourth-order valence-electron chi connectivity index (χ4n) is 9.07. The molecule has 4 rings (SSSR count). The molecule has 7 heteroatoms. The third kappa shape index (κ3) is 4.20. The highest BCUT2D eigenvalue weighted by Crippen LogP contribution is 2.68. The summed E-state index contributed by atoms with van der Waals surface area (Å²) < 4.78 is 0. The van der Waals surface area contributed by atoms with Gasteiger partial charge in [0.1, 0.15) is 6.04 Å². The Hall–Kier alpha value is -1.18. The van der Waals surface area contributed by atoms with Gasteiger partial charge in [-0.2, -0.15) is 0 Å². The van der Waals surface area contributed by atoms with E-state index in [4.69, 9.17) is 5.11 Å². The van der Waals surface area contributed by atoms with Gasteiger partial charge < -0.3 is 25.7 Å². The van der Waals surface area contributed by atoms with Crippen LogP contribution in [-0.2, 0) is 9.59 Å². The molecule has 0 saturated heterocycles. The summed E-state index contributed by atoms with van der Waals surface area (Å²) in [4.78, 5) is 23.3. The average Bonchev–Trinajstić information content (AvgIpc) is 3.12. The fourth-order valence-corrected chi connectivity index (χ4v) is 9.07. The third-order valence-electron chi connectivity index (χ3n) is 11.1. The quantitative estimate of drug-likeness (QED) is 0.399. The van der Waals surface area contributed by atoms with Gasteiger partial charge in [0, 0.05) is 6.42 Å². The lowest BCUT2D eigenvalue weighted by atomic mass is 9.43. The van der Waals surface area contributed by atoms with Gasteiger partial charge in [-0.3, -0.25) is 9.59 Å². The minimum absolute atomic E-state index is 0.0636. The first-order valence-electron chi connectivity index (χ1n) is 13.5. The van der Waals surface area contributed by atoms with Gasteiger partial charge in [0.2, 0.25) is 5.91 Å². The van der Waals surface area contributed by atoms with Crippen molar-refractivity contribution in [2.24, 2.45) is 46.3 Å². The van der Waals surface area contributed by atoms with Crippen LogP contribution in [0, 0.1) is 46.3 Å². The maximum atomic E-state index is 12.3. The number of hydrogen-bond acceptors (Lipinski definition) is 5. The maximum Gasteiger partial charge on any atom is 0.325 e. The van der Waals surface area contributed by atoms with Crippen molar-refractivity contribution < 1.29 is 30.0 Å². The van der Waals surface area contributed by atoms with E-state index >= 15 is 0 Å². The monoisotopic (exact) mass is 479 g/mol. The molecule has 0 spiro atoms. The van der Waals surface area contributed by atoms with Crippen molar-refractivity contribution in [1.29, 1.82) is 0 Å². The van der Waals surface area contributed by atoms with Crippen LogP contribution in [0.15, 0.2) is 0 Å². The Kier molecular flexibility index (Phi) is 7.13. The number of aliphatic carboxylic acids is 1. The summed E-state index contributed by atoms with van der Waals surface area (Å²) >= 11 is 0. The molecule has 1 amide bonds. The number of hydrogen-bond donors (Lipinski definition) is 5. The van der Waals surface area contributed by atoms with Gasteiger partial charge in [-0.25, -0.2) is 0 Å². The van der Waals surface area contributed by atoms with Gasteiger partial charge in [-0.05, 0) is 105 Å². The Balaban J connectivity index is 1.48. The zero-order valence-electron chi connectivity index (χ0n) is 21.2. The first kappa shape index (κ1) is 25.9. The van der Waals surface area contributed by atoms with Gasteiger partial charge in [-0.15, -0.1) is 0 Å². The van der Waals surface area contributed by atoms with Gasteiger partial charge in [0.05, 0.1) is 18.3 Å². The second-order valence-corrected chi connectivity index (χ2v) is 12.7. The van der Waals surface area contributed by atoms with Crippen LogP contribution in [-0.4, -0.2) is 56.7 Å². The first-order valence-corrected chi connectivity index (χ1v) is 13.5. The van der Waals surface area contributed by atoms with Crippen molar-refractivity contribution in [2.75, 3.05) is 0 Å². The van der Waals surface area contributed by atoms with E-state index in [9.17, 15) is 24.9 Å². The molecule has 1 unspecified atom stereocenters. The van der Waals surface area contributed by atoms with Crippen LogP contribution in [0.4, 0.5) is 0 Å². The van der Waals surface area contributed by atoms with Gasteiger partial charge in [0.15, 0.2) is 0 Å². The smallest absolute Gasteiger partial charge is 0.325 e. The number of carbonyl (C=O) groups excluding carboxylic acids is 1. The summed E-state index contributed by atoms with van der Waals surface area (Å²) in [5.74, 6) is 0.237. The molecule has 0 radical (unpaired) electrons. The zero-order valence-corrected chi connectivity index (χ0v) is 21.2. The molecule has 0 aromatic rings. The number of aliphatic hydroxyl groups excluding tert-OH is 3. The highest BCUT2D eigenvalue weighted by Gasteiger charge is 2.65. The van der Waals surface area contributed by atoms with Crippen LogP contribution in [0.1, 0.15) is 85.5 Å². The van der Waals surface area contributed by atoms with Crippen LogP contribution >= 0.6 is 0 Å². The zero-order chi connectivity index (χ0) is 25.0.